The van der Waals surface area contributed by atoms with Crippen molar-refractivity contribution >= 4 is 51.8 Å². The van der Waals surface area contributed by atoms with Gasteiger partial charge in [-0.1, -0.05) is 12.1 Å². The van der Waals surface area contributed by atoms with Gasteiger partial charge in [0.25, 0.3) is 0 Å². The van der Waals surface area contributed by atoms with E-state index in [0.717, 1.165) is 38.9 Å². The lowest BCUT2D eigenvalue weighted by molar-refractivity contribution is -0.397. The minimum atomic E-state index is -7.10. The van der Waals surface area contributed by atoms with Gasteiger partial charge in [-0.2, -0.15) is 84.3 Å². The van der Waals surface area contributed by atoms with Crippen LogP contribution in [0.3, 0.4) is 0 Å². The smallest absolute Gasteiger partial charge is 0.460 e. The average Bonchev–Trinajstić information content (AvgIpc) is 3.94. The third kappa shape index (κ3) is 10.6. The zero-order valence-electron chi connectivity index (χ0n) is 33.3. The molecule has 0 saturated carbocycles. The molecule has 5 rings (SSSR count). The number of hydrogen-bond acceptors (Lipinski definition) is 7. The predicted octanol–water partition coefficient (Wildman–Crippen LogP) is 15.1. The Morgan fingerprint density at radius 1 is 0.529 bits per heavy atom. The minimum absolute atomic E-state index is 0.177. The first-order valence-electron chi connectivity index (χ1n) is 18.6. The molecule has 0 amide bonds. The van der Waals surface area contributed by atoms with Crippen molar-refractivity contribution in [2.45, 2.75) is 60.7 Å². The third-order valence-electron chi connectivity index (χ3n) is 9.50. The van der Waals surface area contributed by atoms with Gasteiger partial charge in [-0.25, -0.2) is 4.79 Å². The van der Waals surface area contributed by atoms with Crippen molar-refractivity contribution in [1.82, 2.24) is 0 Å². The van der Waals surface area contributed by atoms with Crippen molar-refractivity contribution in [3.63, 3.8) is 0 Å². The van der Waals surface area contributed by atoms with Crippen LogP contribution in [0.5, 0.6) is 11.5 Å². The van der Waals surface area contributed by atoms with Crippen LogP contribution in [0.15, 0.2) is 103 Å². The fourth-order valence-corrected chi connectivity index (χ4v) is 7.85. The van der Waals surface area contributed by atoms with E-state index < -0.39 is 85.5 Å². The van der Waals surface area contributed by atoms with Crippen molar-refractivity contribution in [2.75, 3.05) is 18.1 Å². The second-order valence-electron chi connectivity index (χ2n) is 14.1. The fraction of sp³-hybridized carbons (Fsp3) is 0.286. The van der Waals surface area contributed by atoms with Crippen molar-refractivity contribution < 1.29 is 98.4 Å². The van der Waals surface area contributed by atoms with Crippen molar-refractivity contribution in [1.29, 1.82) is 5.26 Å². The molecule has 1 N–H and O–H groups in total. The number of halogens is 18. The van der Waals surface area contributed by atoms with Gasteiger partial charge >= 0.3 is 53.9 Å². The van der Waals surface area contributed by atoms with Gasteiger partial charge in [-0.05, 0) is 96.6 Å². The summed E-state index contributed by atoms with van der Waals surface area (Å²) in [7, 11) is 0. The number of alkyl halides is 18. The molecule has 6 nitrogen and oxygen atoms in total. The normalized spacial score (nSPS) is 13.6. The number of aliphatic carboxylic acids is 1. The molecular formula is C42H26F18N2O4S2. The summed E-state index contributed by atoms with van der Waals surface area (Å²) in [4.78, 5) is 15.4. The van der Waals surface area contributed by atoms with Crippen LogP contribution in [-0.2, 0) is 4.79 Å². The summed E-state index contributed by atoms with van der Waals surface area (Å²) in [6.45, 7) is -2.95. The Morgan fingerprint density at radius 2 is 0.897 bits per heavy atom. The summed E-state index contributed by atoms with van der Waals surface area (Å²) in [5.41, 5.74) is 0.859. The number of nitriles is 1. The van der Waals surface area contributed by atoms with E-state index in [-0.39, 0.29) is 22.9 Å². The molecule has 68 heavy (non-hydrogen) atoms. The molecule has 0 fully saturated rings. The van der Waals surface area contributed by atoms with E-state index in [9.17, 15) is 83.8 Å². The standard InChI is InChI=1S/C42H26F18N2O4S2/c43-35(44,37(47,48)39(51,52)41(55,56)57)17-19-65-28-9-5-26(6-10-28)62(27-7-11-29(12-8-27)66-20-18-36(45,46)38(49,50)40(53,54)42(58,59)60)25-3-1-23(2-4-25)31-15-16-33(68-31)32-14-13-30(67-32)21-24(22-61)34(63)64/h1-16,21H,17-20H2,(H,63,64)/b24-21+. The minimum Gasteiger partial charge on any atom is -0.493 e. The Kier molecular flexibility index (Phi) is 14.9. The van der Waals surface area contributed by atoms with Gasteiger partial charge in [0.2, 0.25) is 0 Å². The van der Waals surface area contributed by atoms with Crippen LogP contribution >= 0.6 is 22.7 Å². The number of carboxylic acid groups (broad SMARTS) is 1. The van der Waals surface area contributed by atoms with Gasteiger partial charge in [0.15, 0.2) is 0 Å². The fourth-order valence-electron chi connectivity index (χ4n) is 5.80. The molecule has 366 valence electrons. The molecule has 0 aliphatic carbocycles. The van der Waals surface area contributed by atoms with Gasteiger partial charge in [0.1, 0.15) is 23.1 Å². The van der Waals surface area contributed by atoms with Crippen molar-refractivity contribution in [3.05, 3.63) is 108 Å². The van der Waals surface area contributed by atoms with E-state index in [1.807, 2.05) is 0 Å². The first-order chi connectivity index (χ1) is 31.3. The molecule has 26 heteroatoms. The van der Waals surface area contributed by atoms with Crippen LogP contribution in [0, 0.1) is 11.3 Å². The van der Waals surface area contributed by atoms with Crippen LogP contribution in [0.25, 0.3) is 26.3 Å². The summed E-state index contributed by atoms with van der Waals surface area (Å²) in [5, 5.41) is 18.2. The highest BCUT2D eigenvalue weighted by molar-refractivity contribution is 7.24. The van der Waals surface area contributed by atoms with E-state index in [1.54, 1.807) is 54.6 Å². The number of hydrogen-bond donors (Lipinski definition) is 1. The number of carboxylic acids is 1. The Labute approximate surface area is 378 Å². The molecule has 0 bridgehead atoms. The largest absolute Gasteiger partial charge is 0.493 e. The Morgan fingerprint density at radius 3 is 1.28 bits per heavy atom. The Bertz CT molecular complexity index is 2520. The van der Waals surface area contributed by atoms with Crippen LogP contribution < -0.4 is 14.4 Å². The molecule has 5 aromatic rings. The first-order valence-corrected chi connectivity index (χ1v) is 20.2. The van der Waals surface area contributed by atoms with E-state index in [4.69, 9.17) is 19.8 Å². The first kappa shape index (κ1) is 52.9. The maximum atomic E-state index is 14.1. The molecule has 0 unspecified atom stereocenters. The van der Waals surface area contributed by atoms with Crippen LogP contribution in [0.4, 0.5) is 96.1 Å². The third-order valence-corrected chi connectivity index (χ3v) is 11.9. The quantitative estimate of drug-likeness (QED) is 0.0504. The van der Waals surface area contributed by atoms with E-state index in [2.05, 4.69) is 0 Å². The summed E-state index contributed by atoms with van der Waals surface area (Å²) in [6.07, 6.45) is -17.4. The van der Waals surface area contributed by atoms with Crippen LogP contribution in [-0.4, -0.2) is 72.2 Å². The second-order valence-corrected chi connectivity index (χ2v) is 16.3. The number of carbonyl (C=O) groups is 1. The molecule has 0 aliphatic rings. The molecule has 0 radical (unpaired) electrons. The van der Waals surface area contributed by atoms with Gasteiger partial charge in [-0.3, -0.25) is 0 Å². The van der Waals surface area contributed by atoms with Gasteiger partial charge in [-0.15, -0.1) is 22.7 Å². The van der Waals surface area contributed by atoms with Gasteiger partial charge in [0, 0.05) is 36.6 Å². The maximum absolute atomic E-state index is 14.1. The molecule has 0 saturated heterocycles. The molecule has 0 aliphatic heterocycles. The molecule has 2 heterocycles. The van der Waals surface area contributed by atoms with Crippen LogP contribution in [0.2, 0.25) is 0 Å². The number of anilines is 3. The number of benzene rings is 3. The molecule has 0 atom stereocenters. The van der Waals surface area contributed by atoms with E-state index in [0.29, 0.717) is 16.1 Å². The highest BCUT2D eigenvalue weighted by atomic mass is 32.1. The highest BCUT2D eigenvalue weighted by Gasteiger charge is 2.82. The van der Waals surface area contributed by atoms with Gasteiger partial charge < -0.3 is 19.5 Å². The number of nitrogens with zero attached hydrogens (tertiary/aromatic N) is 2. The lowest BCUT2D eigenvalue weighted by Crippen LogP contribution is -2.61. The summed E-state index contributed by atoms with van der Waals surface area (Å²) in [5.74, 6) is -41.8. The topological polar surface area (TPSA) is 82.8 Å². The Hall–Kier alpha value is -6.10. The second kappa shape index (κ2) is 19.1. The lowest BCUT2D eigenvalue weighted by Gasteiger charge is -2.33. The van der Waals surface area contributed by atoms with E-state index >= 15 is 0 Å². The number of ether oxygens (including phenoxy) is 2. The summed E-state index contributed by atoms with van der Waals surface area (Å²) >= 11 is 2.55. The molecule has 3 aromatic carbocycles. The van der Waals surface area contributed by atoms with Crippen molar-refractivity contribution in [2.24, 2.45) is 0 Å². The number of thiophene rings is 2. The summed E-state index contributed by atoms with van der Waals surface area (Å²) in [6, 6.07) is 24.1. The Balaban J connectivity index is 1.38. The zero-order chi connectivity index (χ0) is 50.9. The zero-order valence-corrected chi connectivity index (χ0v) is 35.0. The van der Waals surface area contributed by atoms with Crippen LogP contribution in [0.1, 0.15) is 17.7 Å². The molecule has 0 spiro atoms. The average molecular weight is 1030 g/mol. The van der Waals surface area contributed by atoms with E-state index in [1.165, 1.54) is 57.9 Å². The summed E-state index contributed by atoms with van der Waals surface area (Å²) < 4.78 is 249. The van der Waals surface area contributed by atoms with Gasteiger partial charge in [0.05, 0.1) is 26.1 Å². The molecule has 2 aromatic heterocycles. The van der Waals surface area contributed by atoms with Crippen molar-refractivity contribution in [3.8, 4) is 37.8 Å². The predicted molar refractivity (Wildman–Crippen MR) is 211 cm³/mol. The SMILES string of the molecule is N#C/C(=C\c1ccc(-c2ccc(-c3ccc(N(c4ccc(OCCC(F)(F)C(F)(F)C(F)(F)C(F)(F)F)cc4)c4ccc(OCCC(F)(F)C(F)(F)C(F)(F)C(F)(F)F)cc4)cc3)s2)s1)C(=O)O. The number of rotatable bonds is 19. The monoisotopic (exact) mass is 1030 g/mol. The maximum Gasteiger partial charge on any atom is 0.460 e. The highest BCUT2D eigenvalue weighted by Crippen LogP contribution is 2.55. The lowest BCUT2D eigenvalue weighted by atomic mass is 10.0. The molecular weight excluding hydrogens is 1000 g/mol.